The molecule has 0 heterocycles. The first-order chi connectivity index (χ1) is 9.47. The average molecular weight is 317 g/mol. The number of hydrogen-bond donors (Lipinski definition) is 1. The summed E-state index contributed by atoms with van der Waals surface area (Å²) in [5.74, 6) is 0. The van der Waals surface area contributed by atoms with Gasteiger partial charge in [0, 0.05) is 20.8 Å². The molecule has 0 aromatic carbocycles. The molecule has 0 aromatic heterocycles. The Kier molecular flexibility index (Phi) is 18.4. The first kappa shape index (κ1) is 22.0. The molecule has 20 heavy (non-hydrogen) atoms. The van der Waals surface area contributed by atoms with Crippen LogP contribution in [0.25, 0.3) is 0 Å². The molecule has 2 N–H and O–H groups in total. The minimum atomic E-state index is -3.33. The summed E-state index contributed by atoms with van der Waals surface area (Å²) < 4.78 is 44.6. The van der Waals surface area contributed by atoms with E-state index < -0.39 is 10.1 Å². The van der Waals surface area contributed by atoms with Crippen LogP contribution in [-0.2, 0) is 33.2 Å². The molecule has 0 saturated heterocycles. The fraction of sp³-hybridized carbons (Fsp3) is 1.00. The molecule has 0 unspecified atom stereocenters. The summed E-state index contributed by atoms with van der Waals surface area (Å²) in [5, 5.41) is 0. The molecule has 0 radical (unpaired) electrons. The summed E-state index contributed by atoms with van der Waals surface area (Å²) in [6.07, 6.45) is 1.00. The Morgan fingerprint density at radius 1 is 0.800 bits per heavy atom. The van der Waals surface area contributed by atoms with E-state index in [1.165, 1.54) is 0 Å². The monoisotopic (exact) mass is 317 g/mol. The Labute approximate surface area is 121 Å². The van der Waals surface area contributed by atoms with Crippen LogP contribution in [0.5, 0.6) is 0 Å². The third-order valence-corrected chi connectivity index (χ3v) is 2.25. The van der Waals surface area contributed by atoms with E-state index in [0.717, 1.165) is 6.26 Å². The van der Waals surface area contributed by atoms with Crippen molar-refractivity contribution in [2.75, 3.05) is 73.3 Å². The van der Waals surface area contributed by atoms with Gasteiger partial charge >= 0.3 is 0 Å². The van der Waals surface area contributed by atoms with Gasteiger partial charge in [0.25, 0.3) is 10.1 Å². The minimum Gasteiger partial charge on any atom is -0.382 e. The second-order valence-corrected chi connectivity index (χ2v) is 5.17. The highest BCUT2D eigenvalue weighted by Gasteiger charge is 1.99. The lowest BCUT2D eigenvalue weighted by atomic mass is 10.7. The number of methoxy groups -OCH3 is 2. The lowest BCUT2D eigenvalue weighted by Crippen LogP contribution is -2.11. The molecule has 0 aliphatic rings. The van der Waals surface area contributed by atoms with Crippen molar-refractivity contribution in [2.45, 2.75) is 0 Å². The van der Waals surface area contributed by atoms with Crippen LogP contribution in [0, 0.1) is 0 Å². The molecule has 0 amide bonds. The Morgan fingerprint density at radius 3 is 1.65 bits per heavy atom. The zero-order valence-electron chi connectivity index (χ0n) is 12.5. The van der Waals surface area contributed by atoms with Crippen molar-refractivity contribution >= 4 is 10.1 Å². The molecular weight excluding hydrogens is 290 g/mol. The molecule has 0 aliphatic heterocycles. The standard InChI is InChI=1S/C6H14O5S.C5H13NO2/c1-9-3-4-10-5-6-11-12(2,7)8;1-7-4-5-8-3-2-6/h3-6H2,1-2H3;2-6H2,1H3. The molecule has 0 fully saturated rings. The lowest BCUT2D eigenvalue weighted by molar-refractivity contribution is 0.0556. The summed E-state index contributed by atoms with van der Waals surface area (Å²) >= 11 is 0. The van der Waals surface area contributed by atoms with Gasteiger partial charge in [-0.1, -0.05) is 0 Å². The normalized spacial score (nSPS) is 11.0. The maximum Gasteiger partial charge on any atom is 0.264 e. The third-order valence-electron chi connectivity index (χ3n) is 1.65. The molecule has 0 rings (SSSR count). The van der Waals surface area contributed by atoms with Crippen LogP contribution in [0.3, 0.4) is 0 Å². The topological polar surface area (TPSA) is 106 Å². The van der Waals surface area contributed by atoms with Gasteiger partial charge in [-0.25, -0.2) is 0 Å². The smallest absolute Gasteiger partial charge is 0.264 e. The van der Waals surface area contributed by atoms with Gasteiger partial charge in [-0.05, 0) is 0 Å². The minimum absolute atomic E-state index is 0.0581. The van der Waals surface area contributed by atoms with Crippen molar-refractivity contribution in [3.05, 3.63) is 0 Å². The molecule has 0 bridgehead atoms. The van der Waals surface area contributed by atoms with Gasteiger partial charge in [0.15, 0.2) is 0 Å². The van der Waals surface area contributed by atoms with Crippen LogP contribution in [0.4, 0.5) is 0 Å². The summed E-state index contributed by atoms with van der Waals surface area (Å²) in [6.45, 7) is 3.78. The number of ether oxygens (including phenoxy) is 4. The van der Waals surface area contributed by atoms with Gasteiger partial charge in [0.1, 0.15) is 0 Å². The summed E-state index contributed by atoms with van der Waals surface area (Å²) in [4.78, 5) is 0. The van der Waals surface area contributed by atoms with Gasteiger partial charge in [-0.2, -0.15) is 8.42 Å². The quantitative estimate of drug-likeness (QED) is 0.369. The highest BCUT2D eigenvalue weighted by atomic mass is 32.2. The number of nitrogens with two attached hydrogens (primary N) is 1. The van der Waals surface area contributed by atoms with E-state index >= 15 is 0 Å². The Balaban J connectivity index is 0. The summed E-state index contributed by atoms with van der Waals surface area (Å²) in [7, 11) is -0.118. The maximum absolute atomic E-state index is 10.4. The Bertz CT molecular complexity index is 266. The van der Waals surface area contributed by atoms with Gasteiger partial charge in [-0.15, -0.1) is 0 Å². The van der Waals surface area contributed by atoms with Crippen molar-refractivity contribution in [3.63, 3.8) is 0 Å². The maximum atomic E-state index is 10.4. The van der Waals surface area contributed by atoms with Crippen molar-refractivity contribution in [1.82, 2.24) is 0 Å². The van der Waals surface area contributed by atoms with E-state index in [4.69, 9.17) is 24.7 Å². The van der Waals surface area contributed by atoms with Gasteiger partial charge < -0.3 is 24.7 Å². The molecule has 124 valence electrons. The SMILES string of the molecule is COCCOCCN.COCCOCCOS(C)(=O)=O. The molecule has 0 aliphatic carbocycles. The molecule has 0 atom stereocenters. The Morgan fingerprint density at radius 2 is 1.25 bits per heavy atom. The van der Waals surface area contributed by atoms with Crippen LogP contribution in [0.15, 0.2) is 0 Å². The molecule has 0 spiro atoms. The van der Waals surface area contributed by atoms with E-state index in [1.807, 2.05) is 0 Å². The van der Waals surface area contributed by atoms with E-state index in [1.54, 1.807) is 14.2 Å². The van der Waals surface area contributed by atoms with Crippen LogP contribution in [0.2, 0.25) is 0 Å². The van der Waals surface area contributed by atoms with E-state index in [-0.39, 0.29) is 13.2 Å². The second-order valence-electron chi connectivity index (χ2n) is 3.53. The predicted molar refractivity (Wildman–Crippen MR) is 75.2 cm³/mol. The molecular formula is C11H27NO7S. The summed E-state index contributed by atoms with van der Waals surface area (Å²) in [5.41, 5.74) is 5.14. The summed E-state index contributed by atoms with van der Waals surface area (Å²) in [6, 6.07) is 0. The van der Waals surface area contributed by atoms with Crippen LogP contribution < -0.4 is 5.73 Å². The predicted octanol–water partition coefficient (Wildman–Crippen LogP) is -0.766. The van der Waals surface area contributed by atoms with Crippen molar-refractivity contribution in [1.29, 1.82) is 0 Å². The molecule has 0 aromatic rings. The van der Waals surface area contributed by atoms with Crippen molar-refractivity contribution in [3.8, 4) is 0 Å². The van der Waals surface area contributed by atoms with E-state index in [9.17, 15) is 8.42 Å². The lowest BCUT2D eigenvalue weighted by Gasteiger charge is -2.02. The average Bonchev–Trinajstić information content (AvgIpc) is 2.38. The highest BCUT2D eigenvalue weighted by Crippen LogP contribution is 1.86. The van der Waals surface area contributed by atoms with Gasteiger partial charge in [-0.3, -0.25) is 4.18 Å². The number of hydrogen-bond acceptors (Lipinski definition) is 8. The van der Waals surface area contributed by atoms with E-state index in [0.29, 0.717) is 39.6 Å². The van der Waals surface area contributed by atoms with Gasteiger partial charge in [0.05, 0.1) is 52.5 Å². The first-order valence-electron chi connectivity index (χ1n) is 6.15. The van der Waals surface area contributed by atoms with Gasteiger partial charge in [0.2, 0.25) is 0 Å². The van der Waals surface area contributed by atoms with E-state index in [2.05, 4.69) is 4.18 Å². The van der Waals surface area contributed by atoms with Crippen LogP contribution in [-0.4, -0.2) is 81.7 Å². The zero-order chi connectivity index (χ0) is 15.7. The molecule has 0 saturated carbocycles. The fourth-order valence-corrected chi connectivity index (χ4v) is 1.19. The highest BCUT2D eigenvalue weighted by molar-refractivity contribution is 7.85. The number of rotatable bonds is 12. The Hall–Kier alpha value is -0.290. The molecule has 9 heteroatoms. The first-order valence-corrected chi connectivity index (χ1v) is 7.97. The van der Waals surface area contributed by atoms with Crippen molar-refractivity contribution < 1.29 is 31.5 Å². The third kappa shape index (κ3) is 26.3. The van der Waals surface area contributed by atoms with Crippen LogP contribution >= 0.6 is 0 Å². The largest absolute Gasteiger partial charge is 0.382 e. The van der Waals surface area contributed by atoms with Crippen LogP contribution in [0.1, 0.15) is 0 Å². The fourth-order valence-electron chi connectivity index (χ4n) is 0.816. The zero-order valence-corrected chi connectivity index (χ0v) is 13.3. The van der Waals surface area contributed by atoms with Crippen molar-refractivity contribution in [2.24, 2.45) is 5.73 Å². The second kappa shape index (κ2) is 16.8. The molecule has 8 nitrogen and oxygen atoms in total.